The molecule has 1 aliphatic rings. The van der Waals surface area contributed by atoms with Crippen molar-refractivity contribution in [3.05, 3.63) is 87.5 Å². The van der Waals surface area contributed by atoms with Crippen molar-refractivity contribution in [2.24, 2.45) is 0 Å². The van der Waals surface area contributed by atoms with Crippen LogP contribution >= 0.6 is 27.5 Å². The van der Waals surface area contributed by atoms with Crippen molar-refractivity contribution in [3.63, 3.8) is 0 Å². The standard InChI is InChI=1S/C26H21BrClN9O2/c1-16-25(31-33-37(16)20-5-7-23-17(11-20)3-2-8-29-23)26(39)35-10-9-34(24(38)15-35)13-18-14-36(32-30-18)19-4-6-22(28)21(27)12-19/h2-8,11-12,14H,9-10,13,15H2,1H3. The largest absolute Gasteiger partial charge is 0.333 e. The minimum atomic E-state index is -0.325. The first kappa shape index (κ1) is 25.1. The van der Waals surface area contributed by atoms with Gasteiger partial charge in [0.25, 0.3) is 5.91 Å². The number of fused-ring (bicyclic) bond motifs is 1. The minimum Gasteiger partial charge on any atom is -0.333 e. The molecule has 4 heterocycles. The molecule has 5 aromatic rings. The highest BCUT2D eigenvalue weighted by Crippen LogP contribution is 2.25. The van der Waals surface area contributed by atoms with Crippen LogP contribution in [-0.2, 0) is 11.3 Å². The third-order valence-corrected chi connectivity index (χ3v) is 7.81. The van der Waals surface area contributed by atoms with Gasteiger partial charge in [0.15, 0.2) is 5.69 Å². The maximum Gasteiger partial charge on any atom is 0.276 e. The van der Waals surface area contributed by atoms with Gasteiger partial charge in [0.2, 0.25) is 5.91 Å². The molecule has 0 saturated carbocycles. The van der Waals surface area contributed by atoms with Crippen LogP contribution in [0.1, 0.15) is 21.9 Å². The molecule has 1 fully saturated rings. The third kappa shape index (κ3) is 4.88. The molecule has 2 aromatic carbocycles. The summed E-state index contributed by atoms with van der Waals surface area (Å²) in [6.07, 6.45) is 3.51. The van der Waals surface area contributed by atoms with Crippen LogP contribution in [0.4, 0.5) is 0 Å². The molecule has 196 valence electrons. The van der Waals surface area contributed by atoms with Crippen LogP contribution in [0.15, 0.2) is 65.4 Å². The second-order valence-electron chi connectivity index (χ2n) is 9.11. The van der Waals surface area contributed by atoms with Crippen LogP contribution < -0.4 is 0 Å². The maximum atomic E-state index is 13.3. The number of amides is 2. The summed E-state index contributed by atoms with van der Waals surface area (Å²) >= 11 is 9.48. The van der Waals surface area contributed by atoms with Gasteiger partial charge in [-0.3, -0.25) is 14.6 Å². The van der Waals surface area contributed by atoms with Crippen molar-refractivity contribution >= 4 is 50.2 Å². The molecule has 0 radical (unpaired) electrons. The van der Waals surface area contributed by atoms with Gasteiger partial charge in [-0.1, -0.05) is 28.1 Å². The Morgan fingerprint density at radius 2 is 1.90 bits per heavy atom. The molecular formula is C26H21BrClN9O2. The molecule has 6 rings (SSSR count). The Morgan fingerprint density at radius 3 is 2.72 bits per heavy atom. The molecule has 0 atom stereocenters. The summed E-state index contributed by atoms with van der Waals surface area (Å²) in [5.74, 6) is -0.501. The highest BCUT2D eigenvalue weighted by molar-refractivity contribution is 9.10. The van der Waals surface area contributed by atoms with Crippen molar-refractivity contribution in [2.45, 2.75) is 13.5 Å². The number of hydrogen-bond acceptors (Lipinski definition) is 7. The monoisotopic (exact) mass is 605 g/mol. The van der Waals surface area contributed by atoms with Crippen LogP contribution in [0.2, 0.25) is 5.02 Å². The molecule has 0 spiro atoms. The molecule has 0 N–H and O–H groups in total. The number of piperazine rings is 1. The van der Waals surface area contributed by atoms with E-state index in [0.717, 1.165) is 26.8 Å². The minimum absolute atomic E-state index is 0.0506. The van der Waals surface area contributed by atoms with Crippen LogP contribution in [-0.4, -0.2) is 76.2 Å². The molecule has 0 unspecified atom stereocenters. The summed E-state index contributed by atoms with van der Waals surface area (Å²) in [6, 6.07) is 15.0. The van der Waals surface area contributed by atoms with Gasteiger partial charge in [0, 0.05) is 29.1 Å². The topological polar surface area (TPSA) is 115 Å². The van der Waals surface area contributed by atoms with E-state index < -0.39 is 0 Å². The summed E-state index contributed by atoms with van der Waals surface area (Å²) in [4.78, 5) is 33.8. The molecule has 0 bridgehead atoms. The number of aromatic nitrogens is 7. The molecular weight excluding hydrogens is 586 g/mol. The lowest BCUT2D eigenvalue weighted by molar-refractivity contribution is -0.135. The normalized spacial score (nSPS) is 13.9. The van der Waals surface area contributed by atoms with Gasteiger partial charge in [-0.05, 0) is 65.3 Å². The number of halogens is 2. The zero-order valence-electron chi connectivity index (χ0n) is 20.7. The fourth-order valence-corrected chi connectivity index (χ4v) is 4.97. The summed E-state index contributed by atoms with van der Waals surface area (Å²) in [6.45, 7) is 2.78. The van der Waals surface area contributed by atoms with E-state index in [-0.39, 0.29) is 24.1 Å². The molecule has 1 aliphatic heterocycles. The Hall–Kier alpha value is -4.16. The zero-order valence-corrected chi connectivity index (χ0v) is 23.0. The number of carbonyl (C=O) groups is 2. The highest BCUT2D eigenvalue weighted by Gasteiger charge is 2.31. The van der Waals surface area contributed by atoms with Gasteiger partial charge in [-0.2, -0.15) is 0 Å². The van der Waals surface area contributed by atoms with E-state index >= 15 is 0 Å². The average Bonchev–Trinajstić information content (AvgIpc) is 3.57. The van der Waals surface area contributed by atoms with E-state index in [1.165, 1.54) is 4.90 Å². The van der Waals surface area contributed by atoms with E-state index in [9.17, 15) is 9.59 Å². The van der Waals surface area contributed by atoms with Gasteiger partial charge >= 0.3 is 0 Å². The van der Waals surface area contributed by atoms with E-state index in [4.69, 9.17) is 11.6 Å². The molecule has 0 aliphatic carbocycles. The Bertz CT molecular complexity index is 1730. The summed E-state index contributed by atoms with van der Waals surface area (Å²) in [5.41, 5.74) is 3.89. The Kier molecular flexibility index (Phi) is 6.57. The first-order valence-electron chi connectivity index (χ1n) is 12.1. The quantitative estimate of drug-likeness (QED) is 0.300. The molecule has 1 saturated heterocycles. The van der Waals surface area contributed by atoms with Gasteiger partial charge in [-0.15, -0.1) is 10.2 Å². The van der Waals surface area contributed by atoms with E-state index in [2.05, 4.69) is 41.5 Å². The fraction of sp³-hybridized carbons (Fsp3) is 0.192. The lowest BCUT2D eigenvalue weighted by Crippen LogP contribution is -2.52. The SMILES string of the molecule is Cc1c(C(=O)N2CCN(Cc3cn(-c4ccc(Cl)c(Br)c4)nn3)C(=O)C2)nnn1-c1ccc2ncccc2c1. The van der Waals surface area contributed by atoms with Gasteiger partial charge in [-0.25, -0.2) is 9.36 Å². The highest BCUT2D eigenvalue weighted by atomic mass is 79.9. The second kappa shape index (κ2) is 10.2. The number of carbonyl (C=O) groups excluding carboxylic acids is 2. The molecule has 3 aromatic heterocycles. The third-order valence-electron chi connectivity index (χ3n) is 6.60. The lowest BCUT2D eigenvalue weighted by atomic mass is 10.2. The number of rotatable bonds is 5. The van der Waals surface area contributed by atoms with E-state index in [0.29, 0.717) is 36.0 Å². The van der Waals surface area contributed by atoms with Crippen LogP contribution in [0.3, 0.4) is 0 Å². The maximum absolute atomic E-state index is 13.3. The van der Waals surface area contributed by atoms with Gasteiger partial charge in [0.05, 0.1) is 40.3 Å². The van der Waals surface area contributed by atoms with Crippen LogP contribution in [0.5, 0.6) is 0 Å². The molecule has 39 heavy (non-hydrogen) atoms. The smallest absolute Gasteiger partial charge is 0.276 e. The fourth-order valence-electron chi connectivity index (χ4n) is 4.49. The lowest BCUT2D eigenvalue weighted by Gasteiger charge is -2.33. The summed E-state index contributed by atoms with van der Waals surface area (Å²) in [5, 5.41) is 18.3. The predicted octanol–water partition coefficient (Wildman–Crippen LogP) is 3.61. The number of hydrogen-bond donors (Lipinski definition) is 0. The Balaban J connectivity index is 1.12. The first-order valence-corrected chi connectivity index (χ1v) is 13.3. The van der Waals surface area contributed by atoms with Crippen molar-refractivity contribution in [1.29, 1.82) is 0 Å². The van der Waals surface area contributed by atoms with Crippen molar-refractivity contribution in [2.75, 3.05) is 19.6 Å². The second-order valence-corrected chi connectivity index (χ2v) is 10.4. The van der Waals surface area contributed by atoms with Gasteiger partial charge < -0.3 is 9.80 Å². The molecule has 11 nitrogen and oxygen atoms in total. The van der Waals surface area contributed by atoms with Crippen molar-refractivity contribution in [3.8, 4) is 11.4 Å². The number of nitrogens with zero attached hydrogens (tertiary/aromatic N) is 9. The Labute approximate surface area is 236 Å². The van der Waals surface area contributed by atoms with Crippen molar-refractivity contribution in [1.82, 2.24) is 44.8 Å². The van der Waals surface area contributed by atoms with Crippen molar-refractivity contribution < 1.29 is 9.59 Å². The molecule has 13 heteroatoms. The number of benzene rings is 2. The van der Waals surface area contributed by atoms with E-state index in [1.807, 2.05) is 42.5 Å². The van der Waals surface area contributed by atoms with Crippen LogP contribution in [0, 0.1) is 6.92 Å². The zero-order chi connectivity index (χ0) is 27.1. The first-order chi connectivity index (χ1) is 18.9. The van der Waals surface area contributed by atoms with E-state index in [1.54, 1.807) is 39.6 Å². The van der Waals surface area contributed by atoms with Gasteiger partial charge in [0.1, 0.15) is 12.2 Å². The summed E-state index contributed by atoms with van der Waals surface area (Å²) < 4.78 is 4.00. The molecule has 2 amide bonds. The average molecular weight is 607 g/mol. The summed E-state index contributed by atoms with van der Waals surface area (Å²) in [7, 11) is 0. The predicted molar refractivity (Wildman–Crippen MR) is 147 cm³/mol. The Morgan fingerprint density at radius 1 is 1.05 bits per heavy atom. The number of pyridine rings is 1. The van der Waals surface area contributed by atoms with Crippen LogP contribution in [0.25, 0.3) is 22.3 Å².